The van der Waals surface area contributed by atoms with E-state index in [1.54, 1.807) is 12.5 Å². The summed E-state index contributed by atoms with van der Waals surface area (Å²) in [6, 6.07) is 4.09. The van der Waals surface area contributed by atoms with E-state index >= 15 is 0 Å². The normalized spacial score (nSPS) is 16.6. The number of carbonyl (C=O) groups is 1. The van der Waals surface area contributed by atoms with Crippen molar-refractivity contribution < 1.29 is 9.53 Å². The molecule has 2 aromatic heterocycles. The van der Waals surface area contributed by atoms with Crippen molar-refractivity contribution in [2.45, 2.75) is 26.4 Å². The second-order valence-corrected chi connectivity index (χ2v) is 6.30. The van der Waals surface area contributed by atoms with E-state index in [9.17, 15) is 4.79 Å². The van der Waals surface area contributed by atoms with Crippen molar-refractivity contribution in [2.75, 3.05) is 32.8 Å². The van der Waals surface area contributed by atoms with Crippen LogP contribution in [0.2, 0.25) is 0 Å². The Kier molecular flexibility index (Phi) is 5.78. The van der Waals surface area contributed by atoms with Crippen molar-refractivity contribution in [3.63, 3.8) is 0 Å². The number of amides is 1. The molecule has 1 amide bonds. The molecule has 3 heterocycles. The van der Waals surface area contributed by atoms with Crippen LogP contribution in [0.1, 0.15) is 23.0 Å². The van der Waals surface area contributed by atoms with Crippen molar-refractivity contribution in [2.24, 2.45) is 0 Å². The van der Waals surface area contributed by atoms with Crippen LogP contribution in [-0.4, -0.2) is 58.2 Å². The highest BCUT2D eigenvalue weighted by atomic mass is 16.5. The highest BCUT2D eigenvalue weighted by Crippen LogP contribution is 2.20. The zero-order valence-corrected chi connectivity index (χ0v) is 14.8. The van der Waals surface area contributed by atoms with Crippen LogP contribution in [0.4, 0.5) is 0 Å². The average Bonchev–Trinajstić information content (AvgIpc) is 2.96. The molecule has 1 fully saturated rings. The number of nitrogens with one attached hydrogen (secondary N) is 1. The number of rotatable bonds is 6. The molecule has 0 aromatic carbocycles. The zero-order chi connectivity index (χ0) is 17.6. The lowest BCUT2D eigenvalue weighted by Gasteiger charge is -2.34. The molecular weight excluding hydrogens is 318 g/mol. The minimum atomic E-state index is -0.0114. The maximum Gasteiger partial charge on any atom is 0.240 e. The monoisotopic (exact) mass is 343 g/mol. The van der Waals surface area contributed by atoms with Crippen molar-refractivity contribution >= 4 is 5.91 Å². The maximum absolute atomic E-state index is 12.4. The van der Waals surface area contributed by atoms with E-state index in [0.29, 0.717) is 6.54 Å². The molecule has 2 aromatic rings. The quantitative estimate of drug-likeness (QED) is 0.850. The molecule has 3 rings (SSSR count). The summed E-state index contributed by atoms with van der Waals surface area (Å²) < 4.78 is 7.32. The van der Waals surface area contributed by atoms with Gasteiger partial charge in [-0.1, -0.05) is 6.07 Å². The number of ether oxygens (including phenoxy) is 1. The van der Waals surface area contributed by atoms with Gasteiger partial charge in [-0.3, -0.25) is 14.7 Å². The van der Waals surface area contributed by atoms with Crippen molar-refractivity contribution in [1.29, 1.82) is 0 Å². The molecule has 0 bridgehead atoms. The molecule has 1 atom stereocenters. The molecule has 0 spiro atoms. The molecule has 1 N–H and O–H groups in total. The van der Waals surface area contributed by atoms with Gasteiger partial charge in [0.25, 0.3) is 0 Å². The van der Waals surface area contributed by atoms with Gasteiger partial charge in [-0.15, -0.1) is 0 Å². The summed E-state index contributed by atoms with van der Waals surface area (Å²) in [4.78, 5) is 23.2. The summed E-state index contributed by atoms with van der Waals surface area (Å²) in [5.74, 6) is -0.0114. The van der Waals surface area contributed by atoms with Crippen molar-refractivity contribution in [1.82, 2.24) is 24.8 Å². The number of hydrogen-bond donors (Lipinski definition) is 1. The van der Waals surface area contributed by atoms with Gasteiger partial charge in [0.05, 0.1) is 31.3 Å². The van der Waals surface area contributed by atoms with Gasteiger partial charge >= 0.3 is 0 Å². The maximum atomic E-state index is 12.4. The molecule has 1 aliphatic heterocycles. The Bertz CT molecular complexity index is 695. The fourth-order valence-electron chi connectivity index (χ4n) is 3.04. The predicted octanol–water partition coefficient (Wildman–Crippen LogP) is 1.08. The first-order valence-electron chi connectivity index (χ1n) is 8.62. The van der Waals surface area contributed by atoms with Crippen LogP contribution in [-0.2, 0) is 16.1 Å². The molecule has 0 aliphatic carbocycles. The fourth-order valence-corrected chi connectivity index (χ4v) is 3.04. The zero-order valence-electron chi connectivity index (χ0n) is 14.8. The fraction of sp³-hybridized carbons (Fsp3) is 0.500. The second kappa shape index (κ2) is 8.22. The number of hydrogen-bond acceptors (Lipinski definition) is 5. The molecular formula is C18H25N5O2. The van der Waals surface area contributed by atoms with Crippen LogP contribution < -0.4 is 5.32 Å². The third-order valence-corrected chi connectivity index (χ3v) is 4.71. The Balaban J connectivity index is 1.63. The van der Waals surface area contributed by atoms with E-state index in [1.165, 1.54) is 0 Å². The van der Waals surface area contributed by atoms with Crippen LogP contribution in [0.5, 0.6) is 0 Å². The van der Waals surface area contributed by atoms with Crippen LogP contribution in [0.3, 0.4) is 0 Å². The topological polar surface area (TPSA) is 72.3 Å². The first-order chi connectivity index (χ1) is 12.1. The van der Waals surface area contributed by atoms with E-state index in [0.717, 1.165) is 43.3 Å². The Morgan fingerprint density at radius 3 is 2.80 bits per heavy atom. The van der Waals surface area contributed by atoms with Crippen LogP contribution in [0.15, 0.2) is 30.9 Å². The number of imidazole rings is 1. The highest BCUT2D eigenvalue weighted by molar-refractivity contribution is 5.75. The number of aromatic nitrogens is 3. The van der Waals surface area contributed by atoms with Gasteiger partial charge in [0.15, 0.2) is 0 Å². The minimum absolute atomic E-state index is 0.0114. The van der Waals surface area contributed by atoms with Crippen LogP contribution in [0.25, 0.3) is 0 Å². The van der Waals surface area contributed by atoms with Gasteiger partial charge < -0.3 is 14.6 Å². The molecule has 134 valence electrons. The van der Waals surface area contributed by atoms with E-state index < -0.39 is 0 Å². The molecule has 1 saturated heterocycles. The largest absolute Gasteiger partial charge is 0.379 e. The summed E-state index contributed by atoms with van der Waals surface area (Å²) >= 11 is 0. The Morgan fingerprint density at radius 2 is 2.16 bits per heavy atom. The lowest BCUT2D eigenvalue weighted by Crippen LogP contribution is -2.44. The molecule has 7 heteroatoms. The number of morpholine rings is 1. The van der Waals surface area contributed by atoms with Crippen LogP contribution >= 0.6 is 0 Å². The number of nitrogens with zero attached hydrogens (tertiary/aromatic N) is 4. The highest BCUT2D eigenvalue weighted by Gasteiger charge is 2.23. The lowest BCUT2D eigenvalue weighted by atomic mass is 10.1. The van der Waals surface area contributed by atoms with E-state index in [4.69, 9.17) is 4.74 Å². The summed E-state index contributed by atoms with van der Waals surface area (Å²) in [6.45, 7) is 7.91. The summed E-state index contributed by atoms with van der Waals surface area (Å²) in [5.41, 5.74) is 3.08. The van der Waals surface area contributed by atoms with Gasteiger partial charge in [-0.05, 0) is 25.5 Å². The molecule has 0 unspecified atom stereocenters. The third-order valence-electron chi connectivity index (χ3n) is 4.71. The first kappa shape index (κ1) is 17.6. The molecule has 7 nitrogen and oxygen atoms in total. The number of pyridine rings is 1. The van der Waals surface area contributed by atoms with Crippen LogP contribution in [0, 0.1) is 13.8 Å². The summed E-state index contributed by atoms with van der Waals surface area (Å²) in [7, 11) is 0. The van der Waals surface area contributed by atoms with Crippen molar-refractivity contribution in [3.05, 3.63) is 47.8 Å². The molecule has 1 aliphatic rings. The van der Waals surface area contributed by atoms with Gasteiger partial charge in [-0.25, -0.2) is 4.98 Å². The Hall–Kier alpha value is -2.25. The number of carbonyl (C=O) groups excluding carboxylic acids is 1. The lowest BCUT2D eigenvalue weighted by molar-refractivity contribution is -0.122. The molecule has 25 heavy (non-hydrogen) atoms. The minimum Gasteiger partial charge on any atom is -0.379 e. The third kappa shape index (κ3) is 4.43. The van der Waals surface area contributed by atoms with E-state index in [1.807, 2.05) is 30.7 Å². The Morgan fingerprint density at radius 1 is 1.36 bits per heavy atom. The van der Waals surface area contributed by atoms with Gasteiger partial charge in [0.1, 0.15) is 6.54 Å². The second-order valence-electron chi connectivity index (χ2n) is 6.30. The summed E-state index contributed by atoms with van der Waals surface area (Å²) in [6.07, 6.45) is 5.35. The standard InChI is InChI=1S/C18H25N5O2/c1-14-15(2)23(13-21-14)12-18(24)20-11-17(16-4-3-5-19-10-16)22-6-8-25-9-7-22/h3-5,10,13,17H,6-9,11-12H2,1-2H3,(H,20,24)/t17-/m0/s1. The van der Waals surface area contributed by atoms with Gasteiger partial charge in [0.2, 0.25) is 5.91 Å². The smallest absolute Gasteiger partial charge is 0.240 e. The first-order valence-corrected chi connectivity index (χ1v) is 8.62. The predicted molar refractivity (Wildman–Crippen MR) is 94.1 cm³/mol. The SMILES string of the molecule is Cc1ncn(CC(=O)NC[C@@H](c2cccnc2)N2CCOCC2)c1C. The van der Waals surface area contributed by atoms with Gasteiger partial charge in [-0.2, -0.15) is 0 Å². The van der Waals surface area contributed by atoms with Gasteiger partial charge in [0, 0.05) is 37.7 Å². The Labute approximate surface area is 148 Å². The number of aryl methyl sites for hydroxylation is 1. The molecule has 0 saturated carbocycles. The van der Waals surface area contributed by atoms with E-state index in [-0.39, 0.29) is 18.5 Å². The summed E-state index contributed by atoms with van der Waals surface area (Å²) in [5, 5.41) is 3.07. The molecule has 0 radical (unpaired) electrons. The van der Waals surface area contributed by atoms with Crippen molar-refractivity contribution in [3.8, 4) is 0 Å². The average molecular weight is 343 g/mol. The van der Waals surface area contributed by atoms with E-state index in [2.05, 4.69) is 26.3 Å².